The van der Waals surface area contributed by atoms with Crippen LogP contribution < -0.4 is 0 Å². The molecule has 4 rings (SSSR count). The van der Waals surface area contributed by atoms with Gasteiger partial charge in [-0.2, -0.15) is 0 Å². The molecule has 0 heteroatoms. The highest BCUT2D eigenvalue weighted by Gasteiger charge is 2.01. The third-order valence-corrected chi connectivity index (χ3v) is 3.83. The fourth-order valence-corrected chi connectivity index (χ4v) is 2.74. The molecule has 0 unspecified atom stereocenters. The van der Waals surface area contributed by atoms with Gasteiger partial charge in [-0.1, -0.05) is 72.8 Å². The number of benzene rings is 4. The second-order valence-corrected chi connectivity index (χ2v) is 5.12. The van der Waals surface area contributed by atoms with E-state index in [0.717, 1.165) is 0 Å². The summed E-state index contributed by atoms with van der Waals surface area (Å²) in [5.74, 6) is 0. The average molecular weight is 254 g/mol. The predicted molar refractivity (Wildman–Crippen MR) is 86.9 cm³/mol. The van der Waals surface area contributed by atoms with Gasteiger partial charge < -0.3 is 0 Å². The average Bonchev–Trinajstić information content (AvgIpc) is 2.54. The Hall–Kier alpha value is -2.60. The SMILES string of the molecule is c1ccc2cc(-c3ccc4ccccc4c3)ccc2c1. The molecule has 0 atom stereocenters. The first-order chi connectivity index (χ1) is 9.90. The summed E-state index contributed by atoms with van der Waals surface area (Å²) in [6.45, 7) is 0. The number of hydrogen-bond donors (Lipinski definition) is 0. The lowest BCUT2D eigenvalue weighted by molar-refractivity contribution is 1.67. The van der Waals surface area contributed by atoms with Gasteiger partial charge in [-0.15, -0.1) is 0 Å². The van der Waals surface area contributed by atoms with Crippen molar-refractivity contribution < 1.29 is 0 Å². The van der Waals surface area contributed by atoms with Gasteiger partial charge in [-0.3, -0.25) is 0 Å². The maximum Gasteiger partial charge on any atom is -0.0177 e. The van der Waals surface area contributed by atoms with E-state index in [4.69, 9.17) is 0 Å². The monoisotopic (exact) mass is 254 g/mol. The molecule has 0 aliphatic carbocycles. The van der Waals surface area contributed by atoms with E-state index in [1.165, 1.54) is 32.7 Å². The molecule has 94 valence electrons. The Morgan fingerprint density at radius 1 is 0.350 bits per heavy atom. The molecule has 0 nitrogen and oxygen atoms in total. The van der Waals surface area contributed by atoms with Crippen LogP contribution in [0.2, 0.25) is 0 Å². The van der Waals surface area contributed by atoms with E-state index >= 15 is 0 Å². The number of fused-ring (bicyclic) bond motifs is 2. The summed E-state index contributed by atoms with van der Waals surface area (Å²) in [6.07, 6.45) is 0. The maximum atomic E-state index is 2.26. The molecule has 0 saturated heterocycles. The molecular weight excluding hydrogens is 240 g/mol. The van der Waals surface area contributed by atoms with Gasteiger partial charge in [0.2, 0.25) is 0 Å². The maximum absolute atomic E-state index is 2.26. The van der Waals surface area contributed by atoms with E-state index in [9.17, 15) is 0 Å². The second kappa shape index (κ2) is 4.50. The van der Waals surface area contributed by atoms with E-state index in [0.29, 0.717) is 0 Å². The summed E-state index contributed by atoms with van der Waals surface area (Å²) >= 11 is 0. The van der Waals surface area contributed by atoms with Gasteiger partial charge in [0, 0.05) is 0 Å². The fourth-order valence-electron chi connectivity index (χ4n) is 2.74. The molecule has 4 aromatic rings. The van der Waals surface area contributed by atoms with Crippen molar-refractivity contribution in [1.82, 2.24) is 0 Å². The summed E-state index contributed by atoms with van der Waals surface area (Å²) in [7, 11) is 0. The third-order valence-electron chi connectivity index (χ3n) is 3.83. The predicted octanol–water partition coefficient (Wildman–Crippen LogP) is 5.66. The van der Waals surface area contributed by atoms with Crippen LogP contribution in [-0.2, 0) is 0 Å². The topological polar surface area (TPSA) is 0 Å². The van der Waals surface area contributed by atoms with Crippen LogP contribution in [0.1, 0.15) is 0 Å². The van der Waals surface area contributed by atoms with Gasteiger partial charge in [0.25, 0.3) is 0 Å². The van der Waals surface area contributed by atoms with Gasteiger partial charge in [0.15, 0.2) is 0 Å². The van der Waals surface area contributed by atoms with Crippen molar-refractivity contribution in [2.75, 3.05) is 0 Å². The molecule has 0 fully saturated rings. The minimum atomic E-state index is 1.27. The molecule has 0 N–H and O–H groups in total. The van der Waals surface area contributed by atoms with Crippen LogP contribution in [0.4, 0.5) is 0 Å². The molecule has 0 heterocycles. The highest BCUT2D eigenvalue weighted by atomic mass is 14.1. The molecule has 0 bridgehead atoms. The highest BCUT2D eigenvalue weighted by Crippen LogP contribution is 2.27. The van der Waals surface area contributed by atoms with Crippen molar-refractivity contribution in [1.29, 1.82) is 0 Å². The summed E-state index contributed by atoms with van der Waals surface area (Å²) in [4.78, 5) is 0. The van der Waals surface area contributed by atoms with Crippen molar-refractivity contribution in [2.24, 2.45) is 0 Å². The molecule has 0 aromatic heterocycles. The number of hydrogen-bond acceptors (Lipinski definition) is 0. The van der Waals surface area contributed by atoms with Crippen LogP contribution >= 0.6 is 0 Å². The molecule has 0 spiro atoms. The van der Waals surface area contributed by atoms with Crippen molar-refractivity contribution in [3.8, 4) is 11.1 Å². The van der Waals surface area contributed by atoms with Crippen LogP contribution in [0.25, 0.3) is 32.7 Å². The lowest BCUT2D eigenvalue weighted by Gasteiger charge is -2.06. The number of rotatable bonds is 1. The molecule has 0 radical (unpaired) electrons. The minimum Gasteiger partial charge on any atom is -0.0616 e. The van der Waals surface area contributed by atoms with Crippen LogP contribution in [0.15, 0.2) is 84.9 Å². The molecule has 0 aliphatic rings. The van der Waals surface area contributed by atoms with E-state index in [1.54, 1.807) is 0 Å². The molecule has 0 amide bonds. The van der Waals surface area contributed by atoms with Gasteiger partial charge in [0.05, 0.1) is 0 Å². The van der Waals surface area contributed by atoms with Crippen LogP contribution in [0.3, 0.4) is 0 Å². The zero-order chi connectivity index (χ0) is 13.4. The van der Waals surface area contributed by atoms with E-state index in [1.807, 2.05) is 0 Å². The largest absolute Gasteiger partial charge is 0.0616 e. The second-order valence-electron chi connectivity index (χ2n) is 5.12. The van der Waals surface area contributed by atoms with Crippen LogP contribution in [0.5, 0.6) is 0 Å². The fraction of sp³-hybridized carbons (Fsp3) is 0. The standard InChI is InChI=1S/C20H14/c1-3-7-17-13-19(11-9-15(17)5-1)20-12-10-16-6-2-4-8-18(16)14-20/h1-14H. The van der Waals surface area contributed by atoms with E-state index in [-0.39, 0.29) is 0 Å². The lowest BCUT2D eigenvalue weighted by atomic mass is 9.99. The molecule has 20 heavy (non-hydrogen) atoms. The Labute approximate surface area is 118 Å². The minimum absolute atomic E-state index is 1.27. The zero-order valence-corrected chi connectivity index (χ0v) is 11.1. The summed E-state index contributed by atoms with van der Waals surface area (Å²) in [5.41, 5.74) is 2.55. The van der Waals surface area contributed by atoms with Gasteiger partial charge >= 0.3 is 0 Å². The first-order valence-corrected chi connectivity index (χ1v) is 6.88. The Kier molecular flexibility index (Phi) is 2.53. The highest BCUT2D eigenvalue weighted by molar-refractivity contribution is 5.91. The lowest BCUT2D eigenvalue weighted by Crippen LogP contribution is -1.80. The van der Waals surface area contributed by atoms with Crippen molar-refractivity contribution in [3.63, 3.8) is 0 Å². The normalized spacial score (nSPS) is 11.0. The summed E-state index contributed by atoms with van der Waals surface area (Å²) < 4.78 is 0. The van der Waals surface area contributed by atoms with E-state index in [2.05, 4.69) is 84.9 Å². The summed E-state index contributed by atoms with van der Waals surface area (Å²) in [6, 6.07) is 30.3. The third kappa shape index (κ3) is 1.86. The van der Waals surface area contributed by atoms with E-state index < -0.39 is 0 Å². The van der Waals surface area contributed by atoms with Gasteiger partial charge in [-0.25, -0.2) is 0 Å². The Morgan fingerprint density at radius 2 is 0.750 bits per heavy atom. The quantitative estimate of drug-likeness (QED) is 0.411. The zero-order valence-electron chi connectivity index (χ0n) is 11.1. The van der Waals surface area contributed by atoms with Crippen molar-refractivity contribution in [2.45, 2.75) is 0 Å². The van der Waals surface area contributed by atoms with Crippen LogP contribution in [-0.4, -0.2) is 0 Å². The molecule has 0 aliphatic heterocycles. The Morgan fingerprint density at radius 3 is 1.20 bits per heavy atom. The first-order valence-electron chi connectivity index (χ1n) is 6.88. The van der Waals surface area contributed by atoms with Crippen molar-refractivity contribution in [3.05, 3.63) is 84.9 Å². The van der Waals surface area contributed by atoms with Gasteiger partial charge in [-0.05, 0) is 44.8 Å². The van der Waals surface area contributed by atoms with Crippen LogP contribution in [0, 0.1) is 0 Å². The molecular formula is C20H14. The summed E-state index contributed by atoms with van der Waals surface area (Å²) in [5, 5.41) is 5.16. The Bertz CT molecular complexity index is 826. The first kappa shape index (κ1) is 11.2. The molecule has 0 saturated carbocycles. The smallest absolute Gasteiger partial charge is 0.0177 e. The molecule has 4 aromatic carbocycles. The Balaban J connectivity index is 1.91. The van der Waals surface area contributed by atoms with Crippen molar-refractivity contribution >= 4 is 21.5 Å². The van der Waals surface area contributed by atoms with Gasteiger partial charge in [0.1, 0.15) is 0 Å².